The molecular formula is C20H24Se2. The van der Waals surface area contributed by atoms with Crippen LogP contribution in [0.5, 0.6) is 0 Å². The Labute approximate surface area is 147 Å². The Morgan fingerprint density at radius 3 is 2.09 bits per heavy atom. The Morgan fingerprint density at radius 2 is 1.45 bits per heavy atom. The first-order chi connectivity index (χ1) is 10.9. The Hall–Kier alpha value is -0.781. The predicted octanol–water partition coefficient (Wildman–Crippen LogP) is 3.86. The van der Waals surface area contributed by atoms with Crippen molar-refractivity contribution in [2.45, 2.75) is 39.0 Å². The summed E-state index contributed by atoms with van der Waals surface area (Å²) in [5.74, 6) is 0. The summed E-state index contributed by atoms with van der Waals surface area (Å²) >= 11 is 0.960. The maximum atomic E-state index is 2.54. The first-order valence-corrected chi connectivity index (χ1v) is 11.6. The molecule has 0 aromatic heterocycles. The summed E-state index contributed by atoms with van der Waals surface area (Å²) < 4.78 is 4.66. The molecule has 22 heavy (non-hydrogen) atoms. The van der Waals surface area contributed by atoms with E-state index < -0.39 is 0 Å². The van der Waals surface area contributed by atoms with E-state index in [0.717, 1.165) is 0 Å². The van der Waals surface area contributed by atoms with Gasteiger partial charge in [0.05, 0.1) is 0 Å². The van der Waals surface area contributed by atoms with Crippen LogP contribution < -0.4 is 8.92 Å². The van der Waals surface area contributed by atoms with Gasteiger partial charge >= 0.3 is 148 Å². The quantitative estimate of drug-likeness (QED) is 0.426. The first kappa shape index (κ1) is 17.6. The number of rotatable bonds is 9. The van der Waals surface area contributed by atoms with Crippen LogP contribution in [0.4, 0.5) is 0 Å². The fourth-order valence-corrected chi connectivity index (χ4v) is 6.52. The molecule has 0 unspecified atom stereocenters. The topological polar surface area (TPSA) is 0 Å². The van der Waals surface area contributed by atoms with Crippen LogP contribution in [0.1, 0.15) is 39.0 Å². The second-order valence-corrected chi connectivity index (χ2v) is 9.74. The predicted molar refractivity (Wildman–Crippen MR) is 101 cm³/mol. The van der Waals surface area contributed by atoms with Crippen LogP contribution in [-0.2, 0) is 0 Å². The van der Waals surface area contributed by atoms with E-state index in [0.29, 0.717) is 29.9 Å². The van der Waals surface area contributed by atoms with Crippen molar-refractivity contribution in [3.63, 3.8) is 0 Å². The van der Waals surface area contributed by atoms with Crippen LogP contribution >= 0.6 is 0 Å². The normalized spacial score (nSPS) is 11.6. The van der Waals surface area contributed by atoms with E-state index in [9.17, 15) is 0 Å². The second kappa shape index (κ2) is 10.9. The standard InChI is InChI=1S/C20H24Se2/c1-2-3-4-7-16-20(22-19-14-10-6-11-15-19)17-21-18-12-8-5-9-13-18/h5-6,8-15,17H,2-4,7,16H2,1H3/b20-17+. The molecule has 0 amide bonds. The molecule has 116 valence electrons. The number of benzene rings is 2. The minimum absolute atomic E-state index is 0.470. The van der Waals surface area contributed by atoms with Crippen LogP contribution in [-0.4, -0.2) is 29.9 Å². The zero-order valence-corrected chi connectivity index (χ0v) is 16.6. The molecule has 0 atom stereocenters. The summed E-state index contributed by atoms with van der Waals surface area (Å²) in [5, 5.41) is 0. The second-order valence-electron chi connectivity index (χ2n) is 5.24. The minimum atomic E-state index is 0.470. The van der Waals surface area contributed by atoms with Crippen molar-refractivity contribution >= 4 is 38.8 Å². The number of hydrogen-bond donors (Lipinski definition) is 0. The van der Waals surface area contributed by atoms with Crippen LogP contribution in [0.3, 0.4) is 0 Å². The number of allylic oxidation sites excluding steroid dienone is 1. The van der Waals surface area contributed by atoms with E-state index in [-0.39, 0.29) is 0 Å². The number of hydrogen-bond acceptors (Lipinski definition) is 0. The molecule has 0 saturated heterocycles. The molecule has 0 spiro atoms. The molecule has 0 aliphatic rings. The van der Waals surface area contributed by atoms with Gasteiger partial charge in [-0.05, 0) is 0 Å². The van der Waals surface area contributed by atoms with Crippen molar-refractivity contribution in [3.8, 4) is 0 Å². The van der Waals surface area contributed by atoms with Crippen molar-refractivity contribution in [1.82, 2.24) is 0 Å². The van der Waals surface area contributed by atoms with Crippen molar-refractivity contribution in [2.24, 2.45) is 0 Å². The molecule has 0 saturated carbocycles. The number of unbranched alkanes of at least 4 members (excludes halogenated alkanes) is 3. The zero-order chi connectivity index (χ0) is 15.5. The van der Waals surface area contributed by atoms with Crippen molar-refractivity contribution in [3.05, 3.63) is 70.1 Å². The molecule has 0 heterocycles. The summed E-state index contributed by atoms with van der Waals surface area (Å²) in [6.07, 6.45) is 6.69. The van der Waals surface area contributed by atoms with Crippen LogP contribution in [0, 0.1) is 0 Å². The summed E-state index contributed by atoms with van der Waals surface area (Å²) in [6.45, 7) is 2.28. The fourth-order valence-electron chi connectivity index (χ4n) is 2.13. The van der Waals surface area contributed by atoms with Gasteiger partial charge in [-0.15, -0.1) is 0 Å². The van der Waals surface area contributed by atoms with Crippen LogP contribution in [0.15, 0.2) is 70.1 Å². The molecule has 0 N–H and O–H groups in total. The molecule has 0 aliphatic carbocycles. The summed E-state index contributed by atoms with van der Waals surface area (Å²) in [4.78, 5) is 2.54. The molecule has 0 radical (unpaired) electrons. The Balaban J connectivity index is 1.97. The van der Waals surface area contributed by atoms with E-state index in [4.69, 9.17) is 0 Å². The average Bonchev–Trinajstić information content (AvgIpc) is 2.58. The van der Waals surface area contributed by atoms with Crippen LogP contribution in [0.2, 0.25) is 0 Å². The van der Waals surface area contributed by atoms with E-state index >= 15 is 0 Å². The van der Waals surface area contributed by atoms with Gasteiger partial charge in [-0.3, -0.25) is 0 Å². The maximum absolute atomic E-state index is 2.54. The SMILES string of the molecule is CCCCCC/C(=C\[Se]c1ccccc1)[Se]c1ccccc1. The van der Waals surface area contributed by atoms with Gasteiger partial charge < -0.3 is 0 Å². The average molecular weight is 422 g/mol. The van der Waals surface area contributed by atoms with Gasteiger partial charge in [0.15, 0.2) is 0 Å². The van der Waals surface area contributed by atoms with E-state index in [1.54, 1.807) is 4.47 Å². The van der Waals surface area contributed by atoms with Gasteiger partial charge in [0.1, 0.15) is 0 Å². The van der Waals surface area contributed by atoms with E-state index in [2.05, 4.69) is 72.6 Å². The molecule has 2 aromatic carbocycles. The van der Waals surface area contributed by atoms with Gasteiger partial charge in [-0.25, -0.2) is 0 Å². The first-order valence-electron chi connectivity index (χ1n) is 8.02. The third-order valence-electron chi connectivity index (χ3n) is 3.34. The molecule has 2 rings (SSSR count). The molecule has 0 aliphatic heterocycles. The third-order valence-corrected chi connectivity index (χ3v) is 8.37. The zero-order valence-electron chi connectivity index (χ0n) is 13.2. The van der Waals surface area contributed by atoms with Crippen molar-refractivity contribution in [2.75, 3.05) is 0 Å². The van der Waals surface area contributed by atoms with Crippen LogP contribution in [0.25, 0.3) is 0 Å². The Bertz CT molecular complexity index is 546. The Morgan fingerprint density at radius 1 is 0.818 bits per heavy atom. The van der Waals surface area contributed by atoms with E-state index in [1.165, 1.54) is 41.0 Å². The molecular weight excluding hydrogens is 398 g/mol. The summed E-state index contributed by atoms with van der Waals surface area (Å²) in [6, 6.07) is 21.9. The van der Waals surface area contributed by atoms with Gasteiger partial charge in [-0.1, -0.05) is 0 Å². The molecule has 0 bridgehead atoms. The van der Waals surface area contributed by atoms with Crippen molar-refractivity contribution in [1.29, 1.82) is 0 Å². The molecule has 0 nitrogen and oxygen atoms in total. The van der Waals surface area contributed by atoms with Gasteiger partial charge in [-0.2, -0.15) is 0 Å². The van der Waals surface area contributed by atoms with E-state index in [1.807, 2.05) is 0 Å². The summed E-state index contributed by atoms with van der Waals surface area (Å²) in [5.41, 5.74) is 0. The fraction of sp³-hybridized carbons (Fsp3) is 0.300. The molecule has 0 fully saturated rings. The van der Waals surface area contributed by atoms with Gasteiger partial charge in [0, 0.05) is 0 Å². The molecule has 2 heteroatoms. The van der Waals surface area contributed by atoms with Gasteiger partial charge in [0.25, 0.3) is 0 Å². The third kappa shape index (κ3) is 6.99. The molecule has 2 aromatic rings. The Kier molecular flexibility index (Phi) is 8.68. The summed E-state index contributed by atoms with van der Waals surface area (Å²) in [7, 11) is 0. The van der Waals surface area contributed by atoms with Gasteiger partial charge in [0.2, 0.25) is 0 Å². The van der Waals surface area contributed by atoms with Crippen molar-refractivity contribution < 1.29 is 0 Å². The monoisotopic (exact) mass is 424 g/mol.